The molecule has 112 valence electrons. The molecule has 1 heterocycles. The van der Waals surface area contributed by atoms with Gasteiger partial charge in [0.05, 0.1) is 24.9 Å². The minimum absolute atomic E-state index is 0.0210. The van der Waals surface area contributed by atoms with E-state index in [1.807, 2.05) is 6.92 Å². The minimum atomic E-state index is -0.973. The maximum absolute atomic E-state index is 10.8. The van der Waals surface area contributed by atoms with Gasteiger partial charge in [-0.2, -0.15) is 0 Å². The van der Waals surface area contributed by atoms with Crippen LogP contribution in [0.1, 0.15) is 32.6 Å². The average Bonchev–Trinajstić information content (AvgIpc) is 2.73. The van der Waals surface area contributed by atoms with Gasteiger partial charge in [-0.05, 0) is 18.8 Å². The molecule has 2 N–H and O–H groups in total. The Kier molecular flexibility index (Phi) is 5.66. The summed E-state index contributed by atoms with van der Waals surface area (Å²) in [6.45, 7) is 2.09. The zero-order chi connectivity index (χ0) is 15.3. The van der Waals surface area contributed by atoms with E-state index in [1.165, 1.54) is 0 Å². The lowest BCUT2D eigenvalue weighted by Gasteiger charge is -2.30. The molecule has 3 atom stereocenters. The first-order valence-electron chi connectivity index (χ1n) is 6.50. The van der Waals surface area contributed by atoms with Crippen LogP contribution in [0.3, 0.4) is 0 Å². The predicted molar refractivity (Wildman–Crippen MR) is 65.8 cm³/mol. The molecule has 20 heavy (non-hydrogen) atoms. The van der Waals surface area contributed by atoms with E-state index in [0.717, 1.165) is 12.8 Å². The molecule has 0 bridgehead atoms. The van der Waals surface area contributed by atoms with Gasteiger partial charge in [0, 0.05) is 0 Å². The van der Waals surface area contributed by atoms with Crippen molar-refractivity contribution in [3.05, 3.63) is 0 Å². The lowest BCUT2D eigenvalue weighted by Crippen LogP contribution is -2.37. The molecule has 0 aromatic heterocycles. The lowest BCUT2D eigenvalue weighted by molar-refractivity contribution is -0.158. The summed E-state index contributed by atoms with van der Waals surface area (Å²) >= 11 is 0. The van der Waals surface area contributed by atoms with Crippen molar-refractivity contribution in [2.24, 2.45) is 17.8 Å². The van der Waals surface area contributed by atoms with Gasteiger partial charge < -0.3 is 14.9 Å². The Hall–Kier alpha value is -1.92. The molecular formula is C13H18O7. The maximum atomic E-state index is 10.8. The van der Waals surface area contributed by atoms with Crippen molar-refractivity contribution in [2.45, 2.75) is 32.6 Å². The van der Waals surface area contributed by atoms with Crippen molar-refractivity contribution >= 4 is 23.7 Å². The molecule has 2 aliphatic rings. The fraction of sp³-hybridized carbons (Fsp3) is 0.692. The first-order chi connectivity index (χ1) is 9.34. The van der Waals surface area contributed by atoms with Crippen molar-refractivity contribution in [3.63, 3.8) is 0 Å². The van der Waals surface area contributed by atoms with E-state index >= 15 is 0 Å². The molecular weight excluding hydrogens is 268 g/mol. The number of cyclic esters (lactones) is 1. The highest BCUT2D eigenvalue weighted by molar-refractivity contribution is 6.35. The number of esters is 1. The third-order valence-electron chi connectivity index (χ3n) is 3.61. The normalized spacial score (nSPS) is 29.1. The van der Waals surface area contributed by atoms with E-state index in [2.05, 4.69) is 4.74 Å². The van der Waals surface area contributed by atoms with Crippen LogP contribution in [-0.2, 0) is 23.9 Å². The van der Waals surface area contributed by atoms with Crippen molar-refractivity contribution in [1.29, 1.82) is 0 Å². The average molecular weight is 286 g/mol. The fourth-order valence-electron chi connectivity index (χ4n) is 2.53. The number of carboxylic acids is 2. The van der Waals surface area contributed by atoms with Crippen LogP contribution in [0.25, 0.3) is 0 Å². The highest BCUT2D eigenvalue weighted by Gasteiger charge is 2.40. The number of hydrogen-bond donors (Lipinski definition) is 2. The number of carbonyl (C=O) groups excluding carboxylic acids is 2. The van der Waals surface area contributed by atoms with Gasteiger partial charge in [0.2, 0.25) is 5.78 Å². The molecule has 1 aliphatic heterocycles. The molecule has 0 amide bonds. The van der Waals surface area contributed by atoms with E-state index in [9.17, 15) is 19.2 Å². The van der Waals surface area contributed by atoms with E-state index in [-0.39, 0.29) is 18.9 Å². The molecule has 3 unspecified atom stereocenters. The van der Waals surface area contributed by atoms with Gasteiger partial charge in [-0.3, -0.25) is 14.4 Å². The first-order valence-corrected chi connectivity index (χ1v) is 6.50. The monoisotopic (exact) mass is 286 g/mol. The van der Waals surface area contributed by atoms with Crippen LogP contribution in [0.5, 0.6) is 0 Å². The van der Waals surface area contributed by atoms with Gasteiger partial charge in [0.25, 0.3) is 0 Å². The number of ether oxygens (including phenoxy) is 1. The highest BCUT2D eigenvalue weighted by atomic mass is 16.5. The van der Waals surface area contributed by atoms with E-state index in [1.54, 1.807) is 0 Å². The Morgan fingerprint density at radius 2 is 1.80 bits per heavy atom. The van der Waals surface area contributed by atoms with E-state index < -0.39 is 35.5 Å². The van der Waals surface area contributed by atoms with Crippen molar-refractivity contribution < 1.29 is 34.1 Å². The summed E-state index contributed by atoms with van der Waals surface area (Å²) in [5.41, 5.74) is 0. The highest BCUT2D eigenvalue weighted by Crippen LogP contribution is 2.34. The summed E-state index contributed by atoms with van der Waals surface area (Å²) in [6.07, 6.45) is 2.40. The molecule has 2 rings (SSSR count). The predicted octanol–water partition coefficient (Wildman–Crippen LogP) is 0.710. The largest absolute Gasteiger partial charge is 0.481 e. The van der Waals surface area contributed by atoms with Gasteiger partial charge in [-0.1, -0.05) is 13.3 Å². The number of carboxylic acid groups (broad SMARTS) is 2. The Morgan fingerprint density at radius 1 is 1.15 bits per heavy atom. The summed E-state index contributed by atoms with van der Waals surface area (Å²) in [5, 5.41) is 17.7. The number of hydrogen-bond acceptors (Lipinski definition) is 5. The lowest BCUT2D eigenvalue weighted by atomic mass is 9.73. The first kappa shape index (κ1) is 16.1. The molecule has 2 fully saturated rings. The number of carbonyl (C=O) groups is 4. The van der Waals surface area contributed by atoms with Crippen LogP contribution in [0, 0.1) is 17.8 Å². The summed E-state index contributed by atoms with van der Waals surface area (Å²) in [6, 6.07) is 0. The van der Waals surface area contributed by atoms with E-state index in [4.69, 9.17) is 10.2 Å². The minimum Gasteiger partial charge on any atom is -0.481 e. The Morgan fingerprint density at radius 3 is 2.10 bits per heavy atom. The van der Waals surface area contributed by atoms with E-state index in [0.29, 0.717) is 6.42 Å². The Bertz CT molecular complexity index is 401. The number of Topliss-reactive ketones (excluding diaryl/α,β-unsaturated/α-hetero) is 1. The second kappa shape index (κ2) is 7.02. The SMILES string of the molecule is CC1CCCC(C(=O)O)C1C(=O)O.O=C1CCOC1=O. The third kappa shape index (κ3) is 4.04. The molecule has 1 aliphatic carbocycles. The molecule has 7 heteroatoms. The van der Waals surface area contributed by atoms with Crippen LogP contribution >= 0.6 is 0 Å². The van der Waals surface area contributed by atoms with Crippen molar-refractivity contribution in [2.75, 3.05) is 6.61 Å². The molecule has 0 aromatic rings. The number of ketones is 1. The second-order valence-electron chi connectivity index (χ2n) is 5.03. The standard InChI is InChI=1S/C9H14O4.C4H4O3/c1-5-3-2-4-6(8(10)11)7(5)9(12)13;5-3-1-2-7-4(3)6/h5-7H,2-4H2,1H3,(H,10,11)(H,12,13);1-2H2. The van der Waals surface area contributed by atoms with Crippen LogP contribution in [0.2, 0.25) is 0 Å². The van der Waals surface area contributed by atoms with Crippen LogP contribution < -0.4 is 0 Å². The topological polar surface area (TPSA) is 118 Å². The van der Waals surface area contributed by atoms with Gasteiger partial charge >= 0.3 is 17.9 Å². The van der Waals surface area contributed by atoms with Crippen LogP contribution in [-0.4, -0.2) is 40.5 Å². The van der Waals surface area contributed by atoms with Gasteiger partial charge in [-0.15, -0.1) is 0 Å². The number of rotatable bonds is 2. The smallest absolute Gasteiger partial charge is 0.374 e. The van der Waals surface area contributed by atoms with Crippen molar-refractivity contribution in [1.82, 2.24) is 0 Å². The summed E-state index contributed by atoms with van der Waals surface area (Å²) in [4.78, 5) is 41.7. The molecule has 1 saturated carbocycles. The van der Waals surface area contributed by atoms with Gasteiger partial charge in [0.15, 0.2) is 0 Å². The molecule has 0 spiro atoms. The zero-order valence-corrected chi connectivity index (χ0v) is 11.2. The van der Waals surface area contributed by atoms with Gasteiger partial charge in [-0.25, -0.2) is 4.79 Å². The number of aliphatic carboxylic acids is 2. The second-order valence-corrected chi connectivity index (χ2v) is 5.03. The Labute approximate surface area is 115 Å². The maximum Gasteiger partial charge on any atom is 0.374 e. The molecule has 0 aromatic carbocycles. The zero-order valence-electron chi connectivity index (χ0n) is 11.2. The fourth-order valence-corrected chi connectivity index (χ4v) is 2.53. The molecule has 7 nitrogen and oxygen atoms in total. The third-order valence-corrected chi connectivity index (χ3v) is 3.61. The Balaban J connectivity index is 0.000000240. The summed E-state index contributed by atoms with van der Waals surface area (Å²) in [5.74, 6) is -4.45. The van der Waals surface area contributed by atoms with Gasteiger partial charge in [0.1, 0.15) is 0 Å². The van der Waals surface area contributed by atoms with Crippen molar-refractivity contribution in [3.8, 4) is 0 Å². The summed E-state index contributed by atoms with van der Waals surface area (Å²) in [7, 11) is 0. The quantitative estimate of drug-likeness (QED) is 0.567. The van der Waals surface area contributed by atoms with Crippen LogP contribution in [0.4, 0.5) is 0 Å². The molecule has 1 saturated heterocycles. The summed E-state index contributed by atoms with van der Waals surface area (Å²) < 4.78 is 4.28. The van der Waals surface area contributed by atoms with Crippen LogP contribution in [0.15, 0.2) is 0 Å². The molecule has 0 radical (unpaired) electrons.